The summed E-state index contributed by atoms with van der Waals surface area (Å²) in [7, 11) is -3.02. The Kier molecular flexibility index (Phi) is 5.27. The van der Waals surface area contributed by atoms with Gasteiger partial charge in [0.25, 0.3) is 0 Å². The lowest BCUT2D eigenvalue weighted by atomic mass is 9.94. The van der Waals surface area contributed by atoms with Crippen LogP contribution in [0.1, 0.15) is 31.2 Å². The van der Waals surface area contributed by atoms with Gasteiger partial charge in [-0.05, 0) is 37.0 Å². The number of nitrogens with one attached hydrogen (secondary N) is 1. The molecule has 1 aliphatic rings. The predicted molar refractivity (Wildman–Crippen MR) is 84.2 cm³/mol. The Morgan fingerprint density at radius 3 is 2.57 bits per heavy atom. The van der Waals surface area contributed by atoms with Crippen molar-refractivity contribution in [1.29, 1.82) is 0 Å². The molecule has 21 heavy (non-hydrogen) atoms. The van der Waals surface area contributed by atoms with Crippen molar-refractivity contribution in [3.63, 3.8) is 0 Å². The van der Waals surface area contributed by atoms with E-state index >= 15 is 0 Å². The highest BCUT2D eigenvalue weighted by molar-refractivity contribution is 7.91. The Labute approximate surface area is 130 Å². The third-order valence-electron chi connectivity index (χ3n) is 3.87. The molecule has 2 atom stereocenters. The fraction of sp³-hybridized carbons (Fsp3) is 0.533. The molecule has 1 aliphatic carbocycles. The molecule has 0 bridgehead atoms. The average Bonchev–Trinajstić information content (AvgIpc) is 2.41. The second-order valence-electron chi connectivity index (χ2n) is 5.69. The Hall–Kier alpha value is -1.07. The number of hydrogen-bond acceptors (Lipinski definition) is 3. The minimum absolute atomic E-state index is 0.0433. The second kappa shape index (κ2) is 6.79. The van der Waals surface area contributed by atoms with Crippen LogP contribution in [0.3, 0.4) is 0 Å². The average molecular weight is 330 g/mol. The highest BCUT2D eigenvalue weighted by Crippen LogP contribution is 2.24. The van der Waals surface area contributed by atoms with Crippen molar-refractivity contribution in [3.05, 3.63) is 34.9 Å². The van der Waals surface area contributed by atoms with Crippen LogP contribution in [0.25, 0.3) is 0 Å². The van der Waals surface area contributed by atoms with E-state index in [4.69, 9.17) is 11.6 Å². The molecule has 0 heterocycles. The molecule has 2 rings (SSSR count). The lowest BCUT2D eigenvalue weighted by Gasteiger charge is -2.28. The van der Waals surface area contributed by atoms with E-state index in [-0.39, 0.29) is 23.6 Å². The molecule has 1 amide bonds. The summed E-state index contributed by atoms with van der Waals surface area (Å²) in [4.78, 5) is 12.0. The number of benzene rings is 1. The number of carbonyl (C=O) groups excluding carboxylic acids is 1. The van der Waals surface area contributed by atoms with Crippen molar-refractivity contribution in [2.75, 3.05) is 6.26 Å². The minimum Gasteiger partial charge on any atom is -0.353 e. The SMILES string of the molecule is CS(=O)(=O)[C@H]1CCC[C@H](NC(=O)Cc2ccc(Cl)cc2)C1. The molecular formula is C15H20ClNO3S. The van der Waals surface area contributed by atoms with Gasteiger partial charge in [0.1, 0.15) is 9.84 Å². The molecule has 0 spiro atoms. The molecule has 1 saturated carbocycles. The molecule has 0 radical (unpaired) electrons. The van der Waals surface area contributed by atoms with Gasteiger partial charge in [-0.3, -0.25) is 4.79 Å². The normalized spacial score (nSPS) is 22.8. The molecule has 1 N–H and O–H groups in total. The fourth-order valence-corrected chi connectivity index (χ4v) is 4.03. The van der Waals surface area contributed by atoms with Gasteiger partial charge in [0, 0.05) is 17.3 Å². The Morgan fingerprint density at radius 2 is 1.95 bits per heavy atom. The summed E-state index contributed by atoms with van der Waals surface area (Å²) in [6.45, 7) is 0. The monoisotopic (exact) mass is 329 g/mol. The first-order valence-electron chi connectivity index (χ1n) is 7.07. The van der Waals surface area contributed by atoms with Crippen molar-refractivity contribution in [2.45, 2.75) is 43.4 Å². The molecule has 6 heteroatoms. The van der Waals surface area contributed by atoms with Crippen LogP contribution in [-0.4, -0.2) is 31.9 Å². The zero-order chi connectivity index (χ0) is 15.5. The molecule has 0 saturated heterocycles. The van der Waals surface area contributed by atoms with Crippen LogP contribution in [-0.2, 0) is 21.1 Å². The van der Waals surface area contributed by atoms with E-state index in [1.165, 1.54) is 6.26 Å². The van der Waals surface area contributed by atoms with Crippen LogP contribution in [0, 0.1) is 0 Å². The van der Waals surface area contributed by atoms with Crippen LogP contribution in [0.4, 0.5) is 0 Å². The molecule has 0 aliphatic heterocycles. The summed E-state index contributed by atoms with van der Waals surface area (Å²) in [5, 5.41) is 3.26. The predicted octanol–water partition coefficient (Wildman–Crippen LogP) is 2.35. The maximum Gasteiger partial charge on any atom is 0.224 e. The van der Waals surface area contributed by atoms with E-state index in [0.717, 1.165) is 18.4 Å². The van der Waals surface area contributed by atoms with Crippen molar-refractivity contribution in [3.8, 4) is 0 Å². The van der Waals surface area contributed by atoms with Crippen molar-refractivity contribution in [2.24, 2.45) is 0 Å². The third-order valence-corrected chi connectivity index (χ3v) is 5.77. The van der Waals surface area contributed by atoms with E-state index in [0.29, 0.717) is 17.9 Å². The lowest BCUT2D eigenvalue weighted by molar-refractivity contribution is -0.121. The maximum atomic E-state index is 12.0. The fourth-order valence-electron chi connectivity index (χ4n) is 2.73. The Morgan fingerprint density at radius 1 is 1.29 bits per heavy atom. The van der Waals surface area contributed by atoms with Gasteiger partial charge in [-0.15, -0.1) is 0 Å². The number of halogens is 1. The second-order valence-corrected chi connectivity index (χ2v) is 8.45. The smallest absolute Gasteiger partial charge is 0.224 e. The first-order valence-corrected chi connectivity index (χ1v) is 9.40. The number of amides is 1. The van der Waals surface area contributed by atoms with E-state index < -0.39 is 9.84 Å². The Balaban J connectivity index is 1.89. The minimum atomic E-state index is -3.02. The topological polar surface area (TPSA) is 63.2 Å². The standard InChI is InChI=1S/C15H20ClNO3S/c1-21(19,20)14-4-2-3-13(10-14)17-15(18)9-11-5-7-12(16)8-6-11/h5-8,13-14H,2-4,9-10H2,1H3,(H,17,18)/t13-,14-/m0/s1. The maximum absolute atomic E-state index is 12.0. The van der Waals surface area contributed by atoms with Crippen LogP contribution >= 0.6 is 11.6 Å². The summed E-state index contributed by atoms with van der Waals surface area (Å²) < 4.78 is 23.2. The van der Waals surface area contributed by atoms with E-state index in [2.05, 4.69) is 5.32 Å². The summed E-state index contributed by atoms with van der Waals surface area (Å²) in [6.07, 6.45) is 4.46. The third kappa shape index (κ3) is 5.00. The summed E-state index contributed by atoms with van der Waals surface area (Å²) in [6, 6.07) is 7.11. The van der Waals surface area contributed by atoms with Crippen LogP contribution in [0.5, 0.6) is 0 Å². The van der Waals surface area contributed by atoms with Gasteiger partial charge in [0.15, 0.2) is 0 Å². The van der Waals surface area contributed by atoms with E-state index in [1.807, 2.05) is 12.1 Å². The van der Waals surface area contributed by atoms with Gasteiger partial charge < -0.3 is 5.32 Å². The van der Waals surface area contributed by atoms with Gasteiger partial charge in [0.2, 0.25) is 5.91 Å². The number of sulfone groups is 1. The first-order chi connectivity index (χ1) is 9.84. The van der Waals surface area contributed by atoms with Gasteiger partial charge in [-0.1, -0.05) is 30.2 Å². The number of carbonyl (C=O) groups is 1. The first kappa shape index (κ1) is 16.3. The van der Waals surface area contributed by atoms with E-state index in [9.17, 15) is 13.2 Å². The molecule has 116 valence electrons. The van der Waals surface area contributed by atoms with E-state index in [1.54, 1.807) is 12.1 Å². The van der Waals surface area contributed by atoms with Gasteiger partial charge >= 0.3 is 0 Å². The summed E-state index contributed by atoms with van der Waals surface area (Å²) in [5.41, 5.74) is 0.896. The van der Waals surface area contributed by atoms with Crippen LogP contribution < -0.4 is 5.32 Å². The molecule has 0 unspecified atom stereocenters. The van der Waals surface area contributed by atoms with Crippen LogP contribution in [0.15, 0.2) is 24.3 Å². The molecule has 4 nitrogen and oxygen atoms in total. The van der Waals surface area contributed by atoms with Crippen molar-refractivity contribution in [1.82, 2.24) is 5.32 Å². The van der Waals surface area contributed by atoms with Crippen molar-refractivity contribution >= 4 is 27.3 Å². The highest BCUT2D eigenvalue weighted by Gasteiger charge is 2.29. The van der Waals surface area contributed by atoms with Gasteiger partial charge in [-0.25, -0.2) is 8.42 Å². The molecular weight excluding hydrogens is 310 g/mol. The van der Waals surface area contributed by atoms with Gasteiger partial charge in [0.05, 0.1) is 11.7 Å². The zero-order valence-electron chi connectivity index (χ0n) is 12.0. The Bertz CT molecular complexity index is 598. The number of hydrogen-bond donors (Lipinski definition) is 1. The lowest BCUT2D eigenvalue weighted by Crippen LogP contribution is -2.42. The van der Waals surface area contributed by atoms with Crippen LogP contribution in [0.2, 0.25) is 5.02 Å². The number of rotatable bonds is 4. The largest absolute Gasteiger partial charge is 0.353 e. The molecule has 1 aromatic carbocycles. The highest BCUT2D eigenvalue weighted by atomic mass is 35.5. The zero-order valence-corrected chi connectivity index (χ0v) is 13.6. The molecule has 1 aromatic rings. The van der Waals surface area contributed by atoms with Crippen molar-refractivity contribution < 1.29 is 13.2 Å². The molecule has 0 aromatic heterocycles. The van der Waals surface area contributed by atoms with Gasteiger partial charge in [-0.2, -0.15) is 0 Å². The summed E-state index contributed by atoms with van der Waals surface area (Å²) >= 11 is 5.81. The molecule has 1 fully saturated rings. The summed E-state index contributed by atoms with van der Waals surface area (Å²) in [5.74, 6) is -0.0727. The quantitative estimate of drug-likeness (QED) is 0.922.